The van der Waals surface area contributed by atoms with Crippen molar-refractivity contribution in [1.82, 2.24) is 0 Å². The van der Waals surface area contributed by atoms with Gasteiger partial charge < -0.3 is 20.8 Å². The number of aliphatic hydroxyl groups excluding tert-OH is 1. The molecule has 0 radical (unpaired) electrons. The fourth-order valence-electron chi connectivity index (χ4n) is 1.85. The summed E-state index contributed by atoms with van der Waals surface area (Å²) in [7, 11) is 0. The van der Waals surface area contributed by atoms with E-state index in [1.54, 1.807) is 6.07 Å². The van der Waals surface area contributed by atoms with E-state index in [4.69, 9.17) is 5.73 Å². The standard InChI is InChI=1S/C13H22N2O2/c1-3-15(4-2)11-6-5-10(13(17)8-11)7-12(16)9-14/h5-6,8,12,16-17H,3-4,7,9,14H2,1-2H3. The molecule has 0 amide bonds. The Hall–Kier alpha value is -1.26. The number of aromatic hydroxyl groups is 1. The predicted molar refractivity (Wildman–Crippen MR) is 70.4 cm³/mol. The number of hydrogen-bond acceptors (Lipinski definition) is 4. The molecule has 1 unspecified atom stereocenters. The van der Waals surface area contributed by atoms with Gasteiger partial charge in [0.1, 0.15) is 5.75 Å². The summed E-state index contributed by atoms with van der Waals surface area (Å²) in [5.74, 6) is 0.224. The van der Waals surface area contributed by atoms with E-state index >= 15 is 0 Å². The van der Waals surface area contributed by atoms with Gasteiger partial charge in [0.05, 0.1) is 6.10 Å². The molecule has 0 aromatic heterocycles. The third kappa shape index (κ3) is 3.61. The van der Waals surface area contributed by atoms with E-state index in [9.17, 15) is 10.2 Å². The molecule has 4 N–H and O–H groups in total. The van der Waals surface area contributed by atoms with Gasteiger partial charge in [0.15, 0.2) is 0 Å². The molecule has 0 aliphatic carbocycles. The maximum Gasteiger partial charge on any atom is 0.120 e. The minimum atomic E-state index is -0.597. The molecule has 0 saturated carbocycles. The van der Waals surface area contributed by atoms with Crippen molar-refractivity contribution in [3.05, 3.63) is 23.8 Å². The van der Waals surface area contributed by atoms with Crippen LogP contribution < -0.4 is 10.6 Å². The molecule has 0 aliphatic heterocycles. The Bertz CT molecular complexity index is 351. The van der Waals surface area contributed by atoms with Crippen molar-refractivity contribution in [2.75, 3.05) is 24.5 Å². The molecule has 0 bridgehead atoms. The van der Waals surface area contributed by atoms with Gasteiger partial charge in [0.25, 0.3) is 0 Å². The zero-order valence-electron chi connectivity index (χ0n) is 10.6. The minimum Gasteiger partial charge on any atom is -0.508 e. The van der Waals surface area contributed by atoms with Crippen LogP contribution in [0, 0.1) is 0 Å². The summed E-state index contributed by atoms with van der Waals surface area (Å²) in [5.41, 5.74) is 7.08. The normalized spacial score (nSPS) is 12.5. The molecular formula is C13H22N2O2. The van der Waals surface area contributed by atoms with Gasteiger partial charge in [0.2, 0.25) is 0 Å². The van der Waals surface area contributed by atoms with E-state index < -0.39 is 6.10 Å². The van der Waals surface area contributed by atoms with E-state index in [0.717, 1.165) is 24.3 Å². The van der Waals surface area contributed by atoms with Crippen LogP contribution in [0.25, 0.3) is 0 Å². The smallest absolute Gasteiger partial charge is 0.120 e. The molecule has 4 heteroatoms. The first-order chi connectivity index (χ1) is 8.12. The maximum absolute atomic E-state index is 9.90. The van der Waals surface area contributed by atoms with Gasteiger partial charge in [-0.05, 0) is 25.5 Å². The fourth-order valence-corrected chi connectivity index (χ4v) is 1.85. The minimum absolute atomic E-state index is 0.206. The SMILES string of the molecule is CCN(CC)c1ccc(CC(O)CN)c(O)c1. The van der Waals surface area contributed by atoms with Crippen LogP contribution in [0.4, 0.5) is 5.69 Å². The molecule has 0 saturated heterocycles. The summed E-state index contributed by atoms with van der Waals surface area (Å²) in [5, 5.41) is 19.4. The van der Waals surface area contributed by atoms with Gasteiger partial charge >= 0.3 is 0 Å². The van der Waals surface area contributed by atoms with Gasteiger partial charge in [-0.2, -0.15) is 0 Å². The van der Waals surface area contributed by atoms with Crippen LogP contribution >= 0.6 is 0 Å². The monoisotopic (exact) mass is 238 g/mol. The molecule has 1 atom stereocenters. The third-order valence-corrected chi connectivity index (χ3v) is 2.93. The number of rotatable bonds is 6. The summed E-state index contributed by atoms with van der Waals surface area (Å²) in [6.45, 7) is 6.16. The molecule has 0 aliphatic rings. The summed E-state index contributed by atoms with van der Waals surface area (Å²) in [6, 6.07) is 5.55. The van der Waals surface area contributed by atoms with Crippen LogP contribution in [0.1, 0.15) is 19.4 Å². The first-order valence-corrected chi connectivity index (χ1v) is 6.07. The van der Waals surface area contributed by atoms with Crippen molar-refractivity contribution in [2.45, 2.75) is 26.4 Å². The number of anilines is 1. The highest BCUT2D eigenvalue weighted by molar-refractivity contribution is 5.53. The largest absolute Gasteiger partial charge is 0.508 e. The van der Waals surface area contributed by atoms with E-state index in [-0.39, 0.29) is 12.3 Å². The van der Waals surface area contributed by atoms with E-state index in [1.807, 2.05) is 12.1 Å². The number of hydrogen-bond donors (Lipinski definition) is 3. The number of aliphatic hydroxyl groups is 1. The summed E-state index contributed by atoms with van der Waals surface area (Å²) >= 11 is 0. The highest BCUT2D eigenvalue weighted by Crippen LogP contribution is 2.25. The van der Waals surface area contributed by atoms with Crippen molar-refractivity contribution < 1.29 is 10.2 Å². The van der Waals surface area contributed by atoms with Crippen molar-refractivity contribution in [2.24, 2.45) is 5.73 Å². The average Bonchev–Trinajstić information content (AvgIpc) is 2.33. The number of benzene rings is 1. The summed E-state index contributed by atoms with van der Waals surface area (Å²) < 4.78 is 0. The van der Waals surface area contributed by atoms with Crippen LogP contribution in [0.5, 0.6) is 5.75 Å². The Morgan fingerprint density at radius 2 is 1.94 bits per heavy atom. The topological polar surface area (TPSA) is 69.7 Å². The fraction of sp³-hybridized carbons (Fsp3) is 0.538. The van der Waals surface area contributed by atoms with Crippen molar-refractivity contribution >= 4 is 5.69 Å². The molecule has 17 heavy (non-hydrogen) atoms. The van der Waals surface area contributed by atoms with Gasteiger partial charge in [-0.15, -0.1) is 0 Å². The van der Waals surface area contributed by atoms with Crippen LogP contribution in [-0.4, -0.2) is 36.0 Å². The third-order valence-electron chi connectivity index (χ3n) is 2.93. The lowest BCUT2D eigenvalue weighted by Gasteiger charge is -2.22. The molecule has 1 aromatic rings. The van der Waals surface area contributed by atoms with E-state index in [0.29, 0.717) is 6.42 Å². The highest BCUT2D eigenvalue weighted by Gasteiger charge is 2.10. The van der Waals surface area contributed by atoms with Gasteiger partial charge in [-0.3, -0.25) is 0 Å². The predicted octanol–water partition coefficient (Wildman–Crippen LogP) is 1.10. The Morgan fingerprint density at radius 1 is 1.29 bits per heavy atom. The quantitative estimate of drug-likeness (QED) is 0.694. The first-order valence-electron chi connectivity index (χ1n) is 6.07. The lowest BCUT2D eigenvalue weighted by Crippen LogP contribution is -2.23. The van der Waals surface area contributed by atoms with Gasteiger partial charge in [-0.1, -0.05) is 6.07 Å². The zero-order valence-corrected chi connectivity index (χ0v) is 10.6. The lowest BCUT2D eigenvalue weighted by atomic mass is 10.1. The molecule has 1 aromatic carbocycles. The van der Waals surface area contributed by atoms with Crippen LogP contribution in [0.2, 0.25) is 0 Å². The van der Waals surface area contributed by atoms with E-state index in [1.165, 1.54) is 0 Å². The Balaban J connectivity index is 2.85. The number of nitrogens with zero attached hydrogens (tertiary/aromatic N) is 1. The molecular weight excluding hydrogens is 216 g/mol. The van der Waals surface area contributed by atoms with Crippen molar-refractivity contribution in [3.63, 3.8) is 0 Å². The van der Waals surface area contributed by atoms with Crippen molar-refractivity contribution in [3.8, 4) is 5.75 Å². The zero-order chi connectivity index (χ0) is 12.8. The molecule has 0 fully saturated rings. The molecule has 1 rings (SSSR count). The van der Waals surface area contributed by atoms with Crippen LogP contribution in [0.15, 0.2) is 18.2 Å². The number of phenols is 1. The number of nitrogens with two attached hydrogens (primary N) is 1. The Kier molecular flexibility index (Phi) is 5.25. The second-order valence-corrected chi connectivity index (χ2v) is 4.08. The summed E-state index contributed by atoms with van der Waals surface area (Å²) in [6.07, 6.45) is -0.207. The molecule has 0 spiro atoms. The first kappa shape index (κ1) is 13.8. The molecule has 4 nitrogen and oxygen atoms in total. The molecule has 0 heterocycles. The Morgan fingerprint density at radius 3 is 2.41 bits per heavy atom. The average molecular weight is 238 g/mol. The number of phenolic OH excluding ortho intramolecular Hbond substituents is 1. The van der Waals surface area contributed by atoms with E-state index in [2.05, 4.69) is 18.7 Å². The van der Waals surface area contributed by atoms with Crippen LogP contribution in [-0.2, 0) is 6.42 Å². The second kappa shape index (κ2) is 6.47. The Labute approximate surface area is 103 Å². The highest BCUT2D eigenvalue weighted by atomic mass is 16.3. The lowest BCUT2D eigenvalue weighted by molar-refractivity contribution is 0.182. The van der Waals surface area contributed by atoms with Crippen LogP contribution in [0.3, 0.4) is 0 Å². The summed E-state index contributed by atoms with van der Waals surface area (Å²) in [4.78, 5) is 2.16. The second-order valence-electron chi connectivity index (χ2n) is 4.08. The van der Waals surface area contributed by atoms with Gasteiger partial charge in [-0.25, -0.2) is 0 Å². The maximum atomic E-state index is 9.90. The van der Waals surface area contributed by atoms with Gasteiger partial charge in [0, 0.05) is 37.8 Å². The van der Waals surface area contributed by atoms with Crippen molar-refractivity contribution in [1.29, 1.82) is 0 Å². The molecule has 96 valence electrons.